The fourth-order valence-corrected chi connectivity index (χ4v) is 2.82. The van der Waals surface area contributed by atoms with Crippen molar-refractivity contribution >= 4 is 5.91 Å². The molecule has 0 spiro atoms. The highest BCUT2D eigenvalue weighted by Crippen LogP contribution is 2.40. The Morgan fingerprint density at radius 3 is 2.63 bits per heavy atom. The Morgan fingerprint density at radius 2 is 2.00 bits per heavy atom. The number of nitrogens with one attached hydrogen (secondary N) is 1. The molecule has 0 heterocycles. The standard InChI is InChI=1S/C15H19F2NO/c1-2-15(8-3-4-9-15)10-18-14(19)11-6-5-7-12(16)13(11)17/h5-7H,2-4,8-10H2,1H3,(H,18,19). The van der Waals surface area contributed by atoms with E-state index in [2.05, 4.69) is 12.2 Å². The third-order valence-corrected chi connectivity index (χ3v) is 4.23. The van der Waals surface area contributed by atoms with Gasteiger partial charge in [-0.15, -0.1) is 0 Å². The lowest BCUT2D eigenvalue weighted by Crippen LogP contribution is -2.36. The maximum absolute atomic E-state index is 13.5. The Morgan fingerprint density at radius 1 is 1.32 bits per heavy atom. The maximum atomic E-state index is 13.5. The topological polar surface area (TPSA) is 29.1 Å². The van der Waals surface area contributed by atoms with E-state index < -0.39 is 17.5 Å². The third kappa shape index (κ3) is 2.94. The second-order valence-corrected chi connectivity index (χ2v) is 5.34. The fraction of sp³-hybridized carbons (Fsp3) is 0.533. The average molecular weight is 267 g/mol. The van der Waals surface area contributed by atoms with Crippen LogP contribution in [-0.4, -0.2) is 12.5 Å². The summed E-state index contributed by atoms with van der Waals surface area (Å²) >= 11 is 0. The Labute approximate surface area is 112 Å². The molecule has 1 N–H and O–H groups in total. The molecule has 1 aromatic carbocycles. The van der Waals surface area contributed by atoms with Crippen molar-refractivity contribution in [3.05, 3.63) is 35.4 Å². The van der Waals surface area contributed by atoms with Crippen LogP contribution in [0, 0.1) is 17.0 Å². The van der Waals surface area contributed by atoms with Gasteiger partial charge in [0, 0.05) is 6.54 Å². The van der Waals surface area contributed by atoms with Gasteiger partial charge in [-0.3, -0.25) is 4.79 Å². The second-order valence-electron chi connectivity index (χ2n) is 5.34. The minimum Gasteiger partial charge on any atom is -0.351 e. The van der Waals surface area contributed by atoms with Crippen molar-refractivity contribution in [2.24, 2.45) is 5.41 Å². The van der Waals surface area contributed by atoms with E-state index in [0.29, 0.717) is 6.54 Å². The summed E-state index contributed by atoms with van der Waals surface area (Å²) in [5, 5.41) is 2.76. The smallest absolute Gasteiger partial charge is 0.254 e. The quantitative estimate of drug-likeness (QED) is 0.886. The molecule has 4 heteroatoms. The lowest BCUT2D eigenvalue weighted by molar-refractivity contribution is 0.0923. The predicted molar refractivity (Wildman–Crippen MR) is 69.9 cm³/mol. The van der Waals surface area contributed by atoms with Gasteiger partial charge in [0.15, 0.2) is 11.6 Å². The highest BCUT2D eigenvalue weighted by atomic mass is 19.2. The fourth-order valence-electron chi connectivity index (χ4n) is 2.82. The SMILES string of the molecule is CCC1(CNC(=O)c2cccc(F)c2F)CCCC1. The van der Waals surface area contributed by atoms with Crippen molar-refractivity contribution in [1.29, 1.82) is 0 Å². The van der Waals surface area contributed by atoms with Crippen molar-refractivity contribution in [3.63, 3.8) is 0 Å². The van der Waals surface area contributed by atoms with Gasteiger partial charge in [-0.25, -0.2) is 8.78 Å². The molecule has 1 aliphatic carbocycles. The minimum absolute atomic E-state index is 0.138. The van der Waals surface area contributed by atoms with Crippen LogP contribution < -0.4 is 5.32 Å². The molecule has 2 rings (SSSR count). The van der Waals surface area contributed by atoms with E-state index in [1.54, 1.807) is 0 Å². The summed E-state index contributed by atoms with van der Waals surface area (Å²) in [4.78, 5) is 11.9. The van der Waals surface area contributed by atoms with Gasteiger partial charge in [-0.2, -0.15) is 0 Å². The zero-order valence-corrected chi connectivity index (χ0v) is 11.1. The minimum atomic E-state index is -1.07. The van der Waals surface area contributed by atoms with Crippen LogP contribution in [0.5, 0.6) is 0 Å². The maximum Gasteiger partial charge on any atom is 0.254 e. The molecule has 19 heavy (non-hydrogen) atoms. The molecular weight excluding hydrogens is 248 g/mol. The van der Waals surface area contributed by atoms with Gasteiger partial charge in [0.25, 0.3) is 5.91 Å². The van der Waals surface area contributed by atoms with E-state index >= 15 is 0 Å². The van der Waals surface area contributed by atoms with E-state index in [9.17, 15) is 13.6 Å². The Bertz CT molecular complexity index is 467. The van der Waals surface area contributed by atoms with E-state index in [-0.39, 0.29) is 11.0 Å². The summed E-state index contributed by atoms with van der Waals surface area (Å²) in [5.41, 5.74) is -0.0799. The highest BCUT2D eigenvalue weighted by molar-refractivity contribution is 5.94. The van der Waals surface area contributed by atoms with Gasteiger partial charge in [0.05, 0.1) is 5.56 Å². The third-order valence-electron chi connectivity index (χ3n) is 4.23. The number of hydrogen-bond donors (Lipinski definition) is 1. The second kappa shape index (κ2) is 5.68. The van der Waals surface area contributed by atoms with E-state index in [4.69, 9.17) is 0 Å². The Balaban J connectivity index is 2.03. The summed E-state index contributed by atoms with van der Waals surface area (Å²) in [6.45, 7) is 2.65. The van der Waals surface area contributed by atoms with Gasteiger partial charge >= 0.3 is 0 Å². The molecule has 1 fully saturated rings. The number of halogens is 2. The molecule has 0 unspecified atom stereocenters. The van der Waals surface area contributed by atoms with Crippen molar-refractivity contribution < 1.29 is 13.6 Å². The van der Waals surface area contributed by atoms with Gasteiger partial charge < -0.3 is 5.32 Å². The first-order chi connectivity index (χ1) is 9.08. The first-order valence-corrected chi connectivity index (χ1v) is 6.80. The molecule has 0 saturated heterocycles. The lowest BCUT2D eigenvalue weighted by atomic mass is 9.83. The number of amides is 1. The zero-order chi connectivity index (χ0) is 13.9. The Kier molecular flexibility index (Phi) is 4.17. The molecule has 2 nitrogen and oxygen atoms in total. The number of carbonyl (C=O) groups is 1. The van der Waals surface area contributed by atoms with Gasteiger partial charge in [-0.05, 0) is 36.8 Å². The van der Waals surface area contributed by atoms with Crippen molar-refractivity contribution in [3.8, 4) is 0 Å². The van der Waals surface area contributed by atoms with Gasteiger partial charge in [0.1, 0.15) is 0 Å². The molecule has 1 aromatic rings. The first-order valence-electron chi connectivity index (χ1n) is 6.80. The normalized spacial score (nSPS) is 17.4. The summed E-state index contributed by atoms with van der Waals surface area (Å²) in [6, 6.07) is 3.66. The molecule has 0 aliphatic heterocycles. The summed E-state index contributed by atoms with van der Waals surface area (Å²) < 4.78 is 26.6. The van der Waals surface area contributed by atoms with Crippen LogP contribution in [0.2, 0.25) is 0 Å². The predicted octanol–water partition coefficient (Wildman–Crippen LogP) is 3.67. The first kappa shape index (κ1) is 14.0. The number of carbonyl (C=O) groups excluding carboxylic acids is 1. The van der Waals surface area contributed by atoms with Crippen LogP contribution in [0.4, 0.5) is 8.78 Å². The molecule has 1 amide bonds. The van der Waals surface area contributed by atoms with Crippen LogP contribution in [0.3, 0.4) is 0 Å². The molecule has 0 bridgehead atoms. The van der Waals surface area contributed by atoms with Crippen molar-refractivity contribution in [2.75, 3.05) is 6.54 Å². The summed E-state index contributed by atoms with van der Waals surface area (Å²) in [6.07, 6.45) is 5.54. The highest BCUT2D eigenvalue weighted by Gasteiger charge is 2.32. The molecular formula is C15H19F2NO. The molecule has 1 aliphatic rings. The van der Waals surface area contributed by atoms with E-state index in [0.717, 1.165) is 25.3 Å². The van der Waals surface area contributed by atoms with Crippen molar-refractivity contribution in [2.45, 2.75) is 39.0 Å². The van der Waals surface area contributed by atoms with Crippen LogP contribution >= 0.6 is 0 Å². The summed E-state index contributed by atoms with van der Waals surface area (Å²) in [5.74, 6) is -2.59. The van der Waals surface area contributed by atoms with Crippen LogP contribution in [0.15, 0.2) is 18.2 Å². The Hall–Kier alpha value is -1.45. The number of hydrogen-bond acceptors (Lipinski definition) is 1. The van der Waals surface area contributed by atoms with E-state index in [1.807, 2.05) is 0 Å². The monoisotopic (exact) mass is 267 g/mol. The number of rotatable bonds is 4. The average Bonchev–Trinajstić information content (AvgIpc) is 2.89. The molecule has 104 valence electrons. The van der Waals surface area contributed by atoms with E-state index in [1.165, 1.54) is 25.0 Å². The molecule has 0 aromatic heterocycles. The largest absolute Gasteiger partial charge is 0.351 e. The van der Waals surface area contributed by atoms with Crippen LogP contribution in [0.1, 0.15) is 49.4 Å². The zero-order valence-electron chi connectivity index (χ0n) is 11.1. The molecule has 0 radical (unpaired) electrons. The van der Waals surface area contributed by atoms with Gasteiger partial charge in [0.2, 0.25) is 0 Å². The lowest BCUT2D eigenvalue weighted by Gasteiger charge is -2.27. The van der Waals surface area contributed by atoms with Crippen LogP contribution in [0.25, 0.3) is 0 Å². The van der Waals surface area contributed by atoms with Gasteiger partial charge in [-0.1, -0.05) is 25.8 Å². The summed E-state index contributed by atoms with van der Waals surface area (Å²) in [7, 11) is 0. The van der Waals surface area contributed by atoms with Crippen molar-refractivity contribution in [1.82, 2.24) is 5.32 Å². The van der Waals surface area contributed by atoms with Crippen LogP contribution in [-0.2, 0) is 0 Å². The molecule has 1 saturated carbocycles. The number of benzene rings is 1. The molecule has 0 atom stereocenters.